The third kappa shape index (κ3) is 3.56. The molecule has 1 aliphatic rings. The third-order valence-electron chi connectivity index (χ3n) is 3.68. The van der Waals surface area contributed by atoms with Gasteiger partial charge in [0.05, 0.1) is 33.0 Å². The van der Waals surface area contributed by atoms with E-state index in [0.29, 0.717) is 19.8 Å². The molecule has 1 heterocycles. The number of rotatable bonds is 4. The summed E-state index contributed by atoms with van der Waals surface area (Å²) in [5.41, 5.74) is 3.46. The molecule has 1 aliphatic heterocycles. The van der Waals surface area contributed by atoms with Crippen molar-refractivity contribution in [2.45, 2.75) is 6.10 Å². The zero-order chi connectivity index (χ0) is 15.2. The molecule has 1 fully saturated rings. The molecule has 0 saturated carbocycles. The number of ether oxygens (including phenoxy) is 3. The first kappa shape index (κ1) is 14.8. The van der Waals surface area contributed by atoms with E-state index in [-0.39, 0.29) is 6.10 Å². The molecule has 0 aromatic heterocycles. The van der Waals surface area contributed by atoms with Crippen molar-refractivity contribution >= 4 is 5.57 Å². The maximum absolute atomic E-state index is 5.77. The van der Waals surface area contributed by atoms with Gasteiger partial charge >= 0.3 is 0 Å². The lowest BCUT2D eigenvalue weighted by atomic mass is 9.96. The third-order valence-corrected chi connectivity index (χ3v) is 3.68. The molecule has 0 amide bonds. The minimum atomic E-state index is -0.00828. The van der Waals surface area contributed by atoms with Gasteiger partial charge in [-0.25, -0.2) is 0 Å². The van der Waals surface area contributed by atoms with Crippen LogP contribution in [-0.4, -0.2) is 33.0 Å². The van der Waals surface area contributed by atoms with Crippen LogP contribution in [0.15, 0.2) is 60.7 Å². The summed E-state index contributed by atoms with van der Waals surface area (Å²) in [6.45, 7) is 1.92. The van der Waals surface area contributed by atoms with Crippen LogP contribution >= 0.6 is 0 Å². The van der Waals surface area contributed by atoms with E-state index in [1.54, 1.807) is 7.11 Å². The van der Waals surface area contributed by atoms with Crippen molar-refractivity contribution in [1.29, 1.82) is 0 Å². The van der Waals surface area contributed by atoms with Crippen LogP contribution in [0.3, 0.4) is 0 Å². The molecule has 0 N–H and O–H groups in total. The van der Waals surface area contributed by atoms with Gasteiger partial charge in [0, 0.05) is 0 Å². The first-order valence-corrected chi connectivity index (χ1v) is 7.48. The molecule has 0 spiro atoms. The highest BCUT2D eigenvalue weighted by molar-refractivity contribution is 5.80. The molecule has 2 aromatic carbocycles. The number of hydrogen-bond donors (Lipinski definition) is 0. The van der Waals surface area contributed by atoms with E-state index >= 15 is 0 Å². The average Bonchev–Trinajstić information content (AvgIpc) is 2.61. The molecule has 114 valence electrons. The molecule has 2 aromatic rings. The van der Waals surface area contributed by atoms with E-state index in [9.17, 15) is 0 Å². The van der Waals surface area contributed by atoms with Gasteiger partial charge in [-0.1, -0.05) is 42.5 Å². The van der Waals surface area contributed by atoms with E-state index in [1.807, 2.05) is 30.3 Å². The highest BCUT2D eigenvalue weighted by Gasteiger charge is 2.14. The van der Waals surface area contributed by atoms with Crippen molar-refractivity contribution in [3.05, 3.63) is 71.8 Å². The number of hydrogen-bond acceptors (Lipinski definition) is 3. The molecule has 0 aliphatic carbocycles. The lowest BCUT2D eigenvalue weighted by Crippen LogP contribution is -2.27. The van der Waals surface area contributed by atoms with Gasteiger partial charge in [0.1, 0.15) is 5.75 Å². The van der Waals surface area contributed by atoms with Crippen molar-refractivity contribution < 1.29 is 14.2 Å². The van der Waals surface area contributed by atoms with E-state index in [4.69, 9.17) is 14.2 Å². The minimum absolute atomic E-state index is 0.00828. The van der Waals surface area contributed by atoms with Crippen LogP contribution in [0.1, 0.15) is 11.1 Å². The van der Waals surface area contributed by atoms with Gasteiger partial charge in [0.25, 0.3) is 0 Å². The van der Waals surface area contributed by atoms with Gasteiger partial charge in [-0.05, 0) is 34.9 Å². The molecule has 3 nitrogen and oxygen atoms in total. The standard InChI is InChI=1S/C19H20O3/c1-20-17-9-7-16(8-10-17)19(15-5-3-2-4-6-15)13-18-14-21-11-12-22-18/h2-10,13,18H,11-12,14H2,1H3/b19-13+. The van der Waals surface area contributed by atoms with Gasteiger partial charge in [0.15, 0.2) is 0 Å². The van der Waals surface area contributed by atoms with Crippen LogP contribution in [0.2, 0.25) is 0 Å². The lowest BCUT2D eigenvalue weighted by Gasteiger charge is -2.22. The fourth-order valence-corrected chi connectivity index (χ4v) is 2.54. The highest BCUT2D eigenvalue weighted by Crippen LogP contribution is 2.26. The Labute approximate surface area is 131 Å². The Bertz CT molecular complexity index is 611. The van der Waals surface area contributed by atoms with Gasteiger partial charge in [-0.2, -0.15) is 0 Å². The SMILES string of the molecule is COc1ccc(/C(=C/C2COCCO2)c2ccccc2)cc1. The largest absolute Gasteiger partial charge is 0.497 e. The minimum Gasteiger partial charge on any atom is -0.497 e. The summed E-state index contributed by atoms with van der Waals surface area (Å²) in [6.07, 6.45) is 2.14. The van der Waals surface area contributed by atoms with Crippen molar-refractivity contribution in [2.75, 3.05) is 26.9 Å². The van der Waals surface area contributed by atoms with Crippen LogP contribution < -0.4 is 4.74 Å². The van der Waals surface area contributed by atoms with Gasteiger partial charge in [0.2, 0.25) is 0 Å². The molecule has 3 heteroatoms. The average molecular weight is 296 g/mol. The van der Waals surface area contributed by atoms with Crippen molar-refractivity contribution in [2.24, 2.45) is 0 Å². The van der Waals surface area contributed by atoms with Gasteiger partial charge in [-0.15, -0.1) is 0 Å². The Balaban J connectivity index is 1.96. The first-order chi connectivity index (χ1) is 10.9. The molecule has 1 atom stereocenters. The Kier molecular flexibility index (Phi) is 4.88. The van der Waals surface area contributed by atoms with Crippen LogP contribution in [0.4, 0.5) is 0 Å². The normalized spacial score (nSPS) is 19.0. The van der Waals surface area contributed by atoms with Crippen molar-refractivity contribution in [1.82, 2.24) is 0 Å². The Morgan fingerprint density at radius 3 is 2.36 bits per heavy atom. The van der Waals surface area contributed by atoms with Crippen molar-refractivity contribution in [3.63, 3.8) is 0 Å². The fraction of sp³-hybridized carbons (Fsp3) is 0.263. The van der Waals surface area contributed by atoms with E-state index in [0.717, 1.165) is 16.9 Å². The quantitative estimate of drug-likeness (QED) is 0.863. The summed E-state index contributed by atoms with van der Waals surface area (Å²) in [5, 5.41) is 0. The smallest absolute Gasteiger partial charge is 0.118 e. The van der Waals surface area contributed by atoms with Crippen LogP contribution in [0, 0.1) is 0 Å². The second-order valence-corrected chi connectivity index (χ2v) is 5.16. The molecule has 0 bridgehead atoms. The summed E-state index contributed by atoms with van der Waals surface area (Å²) in [5.74, 6) is 0.855. The van der Waals surface area contributed by atoms with E-state index < -0.39 is 0 Å². The maximum Gasteiger partial charge on any atom is 0.118 e. The zero-order valence-corrected chi connectivity index (χ0v) is 12.7. The molecule has 1 unspecified atom stereocenters. The molecular weight excluding hydrogens is 276 g/mol. The summed E-state index contributed by atoms with van der Waals surface area (Å²) in [7, 11) is 1.68. The van der Waals surface area contributed by atoms with Crippen LogP contribution in [0.5, 0.6) is 5.75 Å². The van der Waals surface area contributed by atoms with Gasteiger partial charge < -0.3 is 14.2 Å². The summed E-state index contributed by atoms with van der Waals surface area (Å²) < 4.78 is 16.5. The second-order valence-electron chi connectivity index (χ2n) is 5.16. The Morgan fingerprint density at radius 2 is 1.73 bits per heavy atom. The predicted octanol–water partition coefficient (Wildman–Crippen LogP) is 3.54. The molecular formula is C19H20O3. The zero-order valence-electron chi connectivity index (χ0n) is 12.7. The second kappa shape index (κ2) is 7.25. The first-order valence-electron chi connectivity index (χ1n) is 7.48. The van der Waals surface area contributed by atoms with E-state index in [1.165, 1.54) is 5.56 Å². The maximum atomic E-state index is 5.77. The predicted molar refractivity (Wildman–Crippen MR) is 87.1 cm³/mol. The highest BCUT2D eigenvalue weighted by atomic mass is 16.6. The Hall–Kier alpha value is -2.10. The molecule has 0 radical (unpaired) electrons. The van der Waals surface area contributed by atoms with E-state index in [2.05, 4.69) is 30.3 Å². The number of benzene rings is 2. The van der Waals surface area contributed by atoms with Crippen molar-refractivity contribution in [3.8, 4) is 5.75 Å². The van der Waals surface area contributed by atoms with Gasteiger partial charge in [-0.3, -0.25) is 0 Å². The lowest BCUT2D eigenvalue weighted by molar-refractivity contribution is -0.0673. The monoisotopic (exact) mass is 296 g/mol. The summed E-state index contributed by atoms with van der Waals surface area (Å²) in [6, 6.07) is 18.4. The molecule has 1 saturated heterocycles. The molecule has 22 heavy (non-hydrogen) atoms. The van der Waals surface area contributed by atoms with Crippen LogP contribution in [0.25, 0.3) is 5.57 Å². The van der Waals surface area contributed by atoms with Crippen LogP contribution in [-0.2, 0) is 9.47 Å². The topological polar surface area (TPSA) is 27.7 Å². The summed E-state index contributed by atoms with van der Waals surface area (Å²) >= 11 is 0. The summed E-state index contributed by atoms with van der Waals surface area (Å²) in [4.78, 5) is 0. The Morgan fingerprint density at radius 1 is 1.00 bits per heavy atom. The fourth-order valence-electron chi connectivity index (χ4n) is 2.54. The number of methoxy groups -OCH3 is 1. The molecule has 3 rings (SSSR count).